The van der Waals surface area contributed by atoms with Crippen LogP contribution >= 0.6 is 0 Å². The van der Waals surface area contributed by atoms with Gasteiger partial charge < -0.3 is 9.47 Å². The first-order valence-electron chi connectivity index (χ1n) is 9.35. The number of hydrogen-bond donors (Lipinski definition) is 0. The van der Waals surface area contributed by atoms with Crippen LogP contribution in [0.25, 0.3) is 0 Å². The molecule has 2 nitrogen and oxygen atoms in total. The number of hydrogen-bond acceptors (Lipinski definition) is 2. The normalized spacial score (nSPS) is 20.9. The number of rotatable bonds is 4. The molecule has 1 aliphatic rings. The van der Waals surface area contributed by atoms with Crippen molar-refractivity contribution in [1.29, 1.82) is 0 Å². The van der Waals surface area contributed by atoms with Crippen molar-refractivity contribution in [3.05, 3.63) is 95.1 Å². The minimum atomic E-state index is -4.45. The van der Waals surface area contributed by atoms with Crippen molar-refractivity contribution >= 4 is 0 Å². The summed E-state index contributed by atoms with van der Waals surface area (Å²) in [5.74, 6) is 0.809. The van der Waals surface area contributed by atoms with Crippen molar-refractivity contribution in [2.24, 2.45) is 0 Å². The summed E-state index contributed by atoms with van der Waals surface area (Å²) in [7, 11) is 3.09. The van der Waals surface area contributed by atoms with E-state index in [-0.39, 0.29) is 17.5 Å². The molecule has 3 aromatic rings. The highest BCUT2D eigenvalue weighted by atomic mass is 19.4. The van der Waals surface area contributed by atoms with Gasteiger partial charge in [-0.25, -0.2) is 0 Å². The van der Waals surface area contributed by atoms with Gasteiger partial charge in [-0.1, -0.05) is 48.5 Å². The Balaban J connectivity index is 1.95. The van der Waals surface area contributed by atoms with Crippen LogP contribution in [0.15, 0.2) is 72.8 Å². The second kappa shape index (κ2) is 7.14. The molecule has 0 heterocycles. The van der Waals surface area contributed by atoms with Crippen LogP contribution in [-0.2, 0) is 5.41 Å². The topological polar surface area (TPSA) is 18.5 Å². The largest absolute Gasteiger partial charge is 0.497 e. The molecule has 150 valence electrons. The monoisotopic (exact) mass is 398 g/mol. The zero-order valence-corrected chi connectivity index (χ0v) is 16.2. The molecular weight excluding hydrogens is 377 g/mol. The van der Waals surface area contributed by atoms with E-state index in [1.165, 1.54) is 7.11 Å². The molecule has 0 aromatic heterocycles. The number of ether oxygens (including phenoxy) is 2. The highest BCUT2D eigenvalue weighted by Gasteiger charge is 2.62. The van der Waals surface area contributed by atoms with E-state index in [2.05, 4.69) is 0 Å². The maximum Gasteiger partial charge on any atom is 0.402 e. The van der Waals surface area contributed by atoms with Gasteiger partial charge in [0.2, 0.25) is 0 Å². The van der Waals surface area contributed by atoms with Gasteiger partial charge in [0, 0.05) is 5.92 Å². The van der Waals surface area contributed by atoms with E-state index in [1.54, 1.807) is 67.8 Å². The van der Waals surface area contributed by atoms with E-state index >= 15 is 0 Å². The van der Waals surface area contributed by atoms with Crippen LogP contribution in [0, 0.1) is 0 Å². The van der Waals surface area contributed by atoms with Crippen molar-refractivity contribution in [2.75, 3.05) is 14.2 Å². The van der Waals surface area contributed by atoms with Crippen LogP contribution in [0.2, 0.25) is 0 Å². The van der Waals surface area contributed by atoms with Gasteiger partial charge in [-0.15, -0.1) is 0 Å². The molecular formula is C24H21F3O2. The number of fused-ring (bicyclic) bond motifs is 1. The molecule has 0 radical (unpaired) electrons. The Hall–Kier alpha value is -2.95. The van der Waals surface area contributed by atoms with E-state index in [0.29, 0.717) is 17.1 Å². The summed E-state index contributed by atoms with van der Waals surface area (Å²) in [5.41, 5.74) is -0.0497. The van der Waals surface area contributed by atoms with Gasteiger partial charge in [-0.05, 0) is 52.9 Å². The van der Waals surface area contributed by atoms with Gasteiger partial charge >= 0.3 is 6.18 Å². The molecule has 2 atom stereocenters. The molecule has 0 saturated heterocycles. The van der Waals surface area contributed by atoms with E-state index in [9.17, 15) is 13.2 Å². The third-order valence-corrected chi connectivity index (χ3v) is 5.87. The van der Waals surface area contributed by atoms with Crippen LogP contribution < -0.4 is 9.47 Å². The number of alkyl halides is 3. The lowest BCUT2D eigenvalue weighted by Gasteiger charge is -2.34. The molecule has 0 N–H and O–H groups in total. The molecule has 1 aliphatic carbocycles. The van der Waals surface area contributed by atoms with Crippen molar-refractivity contribution in [1.82, 2.24) is 0 Å². The minimum absolute atomic E-state index is 0.0880. The highest BCUT2D eigenvalue weighted by molar-refractivity contribution is 5.57. The van der Waals surface area contributed by atoms with Crippen molar-refractivity contribution < 1.29 is 22.6 Å². The molecule has 4 rings (SSSR count). The van der Waals surface area contributed by atoms with Gasteiger partial charge in [-0.3, -0.25) is 0 Å². The molecule has 0 fully saturated rings. The molecule has 0 saturated carbocycles. The Kier molecular flexibility index (Phi) is 4.77. The first-order valence-corrected chi connectivity index (χ1v) is 9.35. The lowest BCUT2D eigenvalue weighted by molar-refractivity contribution is -0.178. The van der Waals surface area contributed by atoms with E-state index in [1.807, 2.05) is 12.1 Å². The van der Waals surface area contributed by atoms with Gasteiger partial charge in [0.05, 0.1) is 14.2 Å². The fourth-order valence-electron chi connectivity index (χ4n) is 4.43. The number of benzene rings is 3. The zero-order chi connectivity index (χ0) is 20.6. The summed E-state index contributed by atoms with van der Waals surface area (Å²) in [4.78, 5) is 0. The maximum atomic E-state index is 14.7. The van der Waals surface area contributed by atoms with Crippen LogP contribution in [0.4, 0.5) is 13.2 Å². The fourth-order valence-corrected chi connectivity index (χ4v) is 4.43. The molecule has 0 aliphatic heterocycles. The SMILES string of the molecule is COc1ccc([C@@H]2C[C@](c3ccccc3)(C(F)(F)F)c3ccc(OC)cc32)cc1. The van der Waals surface area contributed by atoms with Gasteiger partial charge in [0.15, 0.2) is 0 Å². The second-order valence-corrected chi connectivity index (χ2v) is 7.25. The summed E-state index contributed by atoms with van der Waals surface area (Å²) < 4.78 is 54.7. The summed E-state index contributed by atoms with van der Waals surface area (Å²) in [6.07, 6.45) is -4.53. The first-order chi connectivity index (χ1) is 13.9. The smallest absolute Gasteiger partial charge is 0.402 e. The Morgan fingerprint density at radius 2 is 1.45 bits per heavy atom. The Morgan fingerprint density at radius 1 is 0.828 bits per heavy atom. The third kappa shape index (κ3) is 3.05. The molecule has 0 unspecified atom stereocenters. The fraction of sp³-hybridized carbons (Fsp3) is 0.250. The molecule has 0 bridgehead atoms. The van der Waals surface area contributed by atoms with Crippen LogP contribution in [-0.4, -0.2) is 20.4 Å². The average Bonchev–Trinajstić information content (AvgIpc) is 3.10. The number of halogens is 3. The molecule has 3 aromatic carbocycles. The predicted octanol–water partition coefficient (Wildman–Crippen LogP) is 6.09. The van der Waals surface area contributed by atoms with E-state index in [0.717, 1.165) is 5.56 Å². The quantitative estimate of drug-likeness (QED) is 0.530. The van der Waals surface area contributed by atoms with E-state index < -0.39 is 17.5 Å². The Bertz CT molecular complexity index is 997. The van der Waals surface area contributed by atoms with Gasteiger partial charge in [0.25, 0.3) is 0 Å². The summed E-state index contributed by atoms with van der Waals surface area (Å²) in [6, 6.07) is 20.3. The van der Waals surface area contributed by atoms with Crippen LogP contribution in [0.5, 0.6) is 11.5 Å². The van der Waals surface area contributed by atoms with Gasteiger partial charge in [0.1, 0.15) is 16.9 Å². The third-order valence-electron chi connectivity index (χ3n) is 5.87. The molecule has 0 amide bonds. The summed E-state index contributed by atoms with van der Waals surface area (Å²) in [5, 5.41) is 0. The van der Waals surface area contributed by atoms with E-state index in [4.69, 9.17) is 9.47 Å². The summed E-state index contributed by atoms with van der Waals surface area (Å²) in [6.45, 7) is 0. The minimum Gasteiger partial charge on any atom is -0.497 e. The van der Waals surface area contributed by atoms with Crippen LogP contribution in [0.1, 0.15) is 34.6 Å². The standard InChI is InChI=1S/C24H21F3O2/c1-28-18-10-8-16(9-11-18)21-15-23(24(25,26)27,17-6-4-3-5-7-17)22-13-12-19(29-2)14-20(21)22/h3-14,21H,15H2,1-2H3/t21-,23+/m0/s1. The Morgan fingerprint density at radius 3 is 2.03 bits per heavy atom. The number of methoxy groups -OCH3 is 2. The summed E-state index contributed by atoms with van der Waals surface area (Å²) >= 11 is 0. The molecule has 0 spiro atoms. The van der Waals surface area contributed by atoms with Crippen molar-refractivity contribution in [2.45, 2.75) is 23.9 Å². The Labute approximate surface area is 167 Å². The van der Waals surface area contributed by atoms with Crippen LogP contribution in [0.3, 0.4) is 0 Å². The lowest BCUT2D eigenvalue weighted by atomic mass is 9.74. The van der Waals surface area contributed by atoms with Crippen molar-refractivity contribution in [3.63, 3.8) is 0 Å². The first kappa shape index (κ1) is 19.4. The average molecular weight is 398 g/mol. The zero-order valence-electron chi connectivity index (χ0n) is 16.2. The highest BCUT2D eigenvalue weighted by Crippen LogP contribution is 2.59. The molecule has 5 heteroatoms. The predicted molar refractivity (Wildman–Crippen MR) is 106 cm³/mol. The van der Waals surface area contributed by atoms with Crippen molar-refractivity contribution in [3.8, 4) is 11.5 Å². The second-order valence-electron chi connectivity index (χ2n) is 7.25. The lowest BCUT2D eigenvalue weighted by Crippen LogP contribution is -2.41. The molecule has 29 heavy (non-hydrogen) atoms. The maximum absolute atomic E-state index is 14.7. The van der Waals surface area contributed by atoms with Gasteiger partial charge in [-0.2, -0.15) is 13.2 Å².